The number of nitrogens with zero attached hydrogens (tertiary/aromatic N) is 1. The van der Waals surface area contributed by atoms with Gasteiger partial charge in [0.25, 0.3) is 0 Å². The molecule has 1 N–H and O–H groups in total. The Hall–Kier alpha value is -1.06. The van der Waals surface area contributed by atoms with E-state index in [0.29, 0.717) is 0 Å². The van der Waals surface area contributed by atoms with Crippen molar-refractivity contribution in [3.05, 3.63) is 29.8 Å². The summed E-state index contributed by atoms with van der Waals surface area (Å²) < 4.78 is 5.17. The first-order valence-electron chi connectivity index (χ1n) is 8.14. The highest BCUT2D eigenvalue weighted by molar-refractivity contribution is 5.48. The van der Waals surface area contributed by atoms with Crippen molar-refractivity contribution >= 4 is 5.69 Å². The lowest BCUT2D eigenvalue weighted by molar-refractivity contribution is 0.150. The van der Waals surface area contributed by atoms with E-state index in [-0.39, 0.29) is 5.41 Å². The quantitative estimate of drug-likeness (QED) is 0.794. The van der Waals surface area contributed by atoms with Crippen LogP contribution in [0.1, 0.15) is 38.7 Å². The fraction of sp³-hybridized carbons (Fsp3) is 0.667. The first-order chi connectivity index (χ1) is 10.1. The maximum atomic E-state index is 5.17. The summed E-state index contributed by atoms with van der Waals surface area (Å²) in [6.45, 7) is 9.79. The van der Waals surface area contributed by atoms with E-state index in [9.17, 15) is 0 Å². The standard InChI is InChI=1S/C18H30N2O/c1-18(2,10-13-21-3)15-19-14-16-6-8-17(9-7-16)20-11-4-5-12-20/h6-9,19H,4-5,10-15H2,1-3H3. The molecule has 0 radical (unpaired) electrons. The van der Waals surface area contributed by atoms with E-state index in [4.69, 9.17) is 4.74 Å². The number of anilines is 1. The molecule has 21 heavy (non-hydrogen) atoms. The van der Waals surface area contributed by atoms with Crippen molar-refractivity contribution in [1.29, 1.82) is 0 Å². The second-order valence-electron chi connectivity index (χ2n) is 6.87. The average Bonchev–Trinajstić information content (AvgIpc) is 3.00. The third-order valence-electron chi connectivity index (χ3n) is 4.32. The van der Waals surface area contributed by atoms with Gasteiger partial charge in [0, 0.05) is 45.6 Å². The molecule has 118 valence electrons. The van der Waals surface area contributed by atoms with Crippen LogP contribution in [0.25, 0.3) is 0 Å². The summed E-state index contributed by atoms with van der Waals surface area (Å²) >= 11 is 0. The van der Waals surface area contributed by atoms with Gasteiger partial charge in [0.15, 0.2) is 0 Å². The highest BCUT2D eigenvalue weighted by Crippen LogP contribution is 2.21. The molecule has 2 rings (SSSR count). The van der Waals surface area contributed by atoms with Crippen molar-refractivity contribution in [2.45, 2.75) is 39.7 Å². The second-order valence-corrected chi connectivity index (χ2v) is 6.87. The molecule has 1 aliphatic rings. The van der Waals surface area contributed by atoms with Crippen LogP contribution in [0.2, 0.25) is 0 Å². The number of methoxy groups -OCH3 is 1. The van der Waals surface area contributed by atoms with Gasteiger partial charge in [-0.15, -0.1) is 0 Å². The molecule has 1 fully saturated rings. The van der Waals surface area contributed by atoms with Crippen LogP contribution >= 0.6 is 0 Å². The molecule has 3 heteroatoms. The van der Waals surface area contributed by atoms with Crippen LogP contribution in [0.5, 0.6) is 0 Å². The van der Waals surface area contributed by atoms with Gasteiger partial charge in [0.2, 0.25) is 0 Å². The van der Waals surface area contributed by atoms with Crippen LogP contribution in [0.15, 0.2) is 24.3 Å². The highest BCUT2D eigenvalue weighted by Gasteiger charge is 2.16. The molecule has 1 aliphatic heterocycles. The lowest BCUT2D eigenvalue weighted by Gasteiger charge is -2.24. The maximum absolute atomic E-state index is 5.17. The Balaban J connectivity index is 1.75. The SMILES string of the molecule is COCCC(C)(C)CNCc1ccc(N2CCCC2)cc1. The largest absolute Gasteiger partial charge is 0.385 e. The van der Waals surface area contributed by atoms with Crippen LogP contribution in [0.3, 0.4) is 0 Å². The number of hydrogen-bond donors (Lipinski definition) is 1. The van der Waals surface area contributed by atoms with E-state index in [1.54, 1.807) is 7.11 Å². The Labute approximate surface area is 129 Å². The Kier molecular flexibility index (Phi) is 6.07. The summed E-state index contributed by atoms with van der Waals surface area (Å²) in [5.41, 5.74) is 3.02. The van der Waals surface area contributed by atoms with Crippen LogP contribution in [-0.2, 0) is 11.3 Å². The van der Waals surface area contributed by atoms with Crippen LogP contribution in [0.4, 0.5) is 5.69 Å². The Bertz CT molecular complexity index is 408. The third-order valence-corrected chi connectivity index (χ3v) is 4.32. The summed E-state index contributed by atoms with van der Waals surface area (Å²) in [6.07, 6.45) is 3.75. The first kappa shape index (κ1) is 16.3. The molecular formula is C18H30N2O. The van der Waals surface area contributed by atoms with E-state index >= 15 is 0 Å². The van der Waals surface area contributed by atoms with Gasteiger partial charge < -0.3 is 15.0 Å². The van der Waals surface area contributed by atoms with E-state index in [1.807, 2.05) is 0 Å². The molecule has 1 heterocycles. The van der Waals surface area contributed by atoms with Crippen molar-refractivity contribution in [2.75, 3.05) is 38.3 Å². The van der Waals surface area contributed by atoms with Gasteiger partial charge in [0.1, 0.15) is 0 Å². The lowest BCUT2D eigenvalue weighted by atomic mass is 9.89. The number of rotatable bonds is 8. The van der Waals surface area contributed by atoms with E-state index in [0.717, 1.165) is 26.1 Å². The Morgan fingerprint density at radius 2 is 1.81 bits per heavy atom. The molecule has 0 aliphatic carbocycles. The van der Waals surface area contributed by atoms with Gasteiger partial charge in [-0.1, -0.05) is 26.0 Å². The van der Waals surface area contributed by atoms with Crippen molar-refractivity contribution in [3.63, 3.8) is 0 Å². The molecule has 3 nitrogen and oxygen atoms in total. The van der Waals surface area contributed by atoms with Crippen LogP contribution in [0, 0.1) is 5.41 Å². The van der Waals surface area contributed by atoms with Crippen molar-refractivity contribution in [2.24, 2.45) is 5.41 Å². The van der Waals surface area contributed by atoms with Gasteiger partial charge in [-0.05, 0) is 42.4 Å². The molecule has 0 atom stereocenters. The van der Waals surface area contributed by atoms with Gasteiger partial charge in [0.05, 0.1) is 0 Å². The Morgan fingerprint density at radius 3 is 2.43 bits per heavy atom. The van der Waals surface area contributed by atoms with E-state index < -0.39 is 0 Å². The van der Waals surface area contributed by atoms with E-state index in [2.05, 4.69) is 48.3 Å². The van der Waals surface area contributed by atoms with Gasteiger partial charge >= 0.3 is 0 Å². The lowest BCUT2D eigenvalue weighted by Crippen LogP contribution is -2.30. The topological polar surface area (TPSA) is 24.5 Å². The summed E-state index contributed by atoms with van der Waals surface area (Å²) in [6, 6.07) is 9.03. The van der Waals surface area contributed by atoms with Crippen molar-refractivity contribution in [3.8, 4) is 0 Å². The smallest absolute Gasteiger partial charge is 0.0467 e. The zero-order valence-electron chi connectivity index (χ0n) is 13.8. The van der Waals surface area contributed by atoms with E-state index in [1.165, 1.54) is 37.2 Å². The number of hydrogen-bond acceptors (Lipinski definition) is 3. The van der Waals surface area contributed by atoms with Crippen LogP contribution in [-0.4, -0.2) is 33.4 Å². The number of nitrogens with one attached hydrogen (secondary N) is 1. The number of ether oxygens (including phenoxy) is 1. The molecule has 0 aromatic heterocycles. The van der Waals surface area contributed by atoms with Gasteiger partial charge in [-0.25, -0.2) is 0 Å². The monoisotopic (exact) mass is 290 g/mol. The first-order valence-corrected chi connectivity index (χ1v) is 8.14. The summed E-state index contributed by atoms with van der Waals surface area (Å²) in [7, 11) is 1.77. The van der Waals surface area contributed by atoms with Crippen LogP contribution < -0.4 is 10.2 Å². The van der Waals surface area contributed by atoms with Crippen molar-refractivity contribution < 1.29 is 4.74 Å². The average molecular weight is 290 g/mol. The zero-order chi connectivity index (χ0) is 15.1. The fourth-order valence-electron chi connectivity index (χ4n) is 2.81. The summed E-state index contributed by atoms with van der Waals surface area (Å²) in [5.74, 6) is 0. The predicted molar refractivity (Wildman–Crippen MR) is 89.9 cm³/mol. The molecule has 1 aromatic rings. The predicted octanol–water partition coefficient (Wildman–Crippen LogP) is 3.44. The minimum Gasteiger partial charge on any atom is -0.385 e. The molecule has 0 bridgehead atoms. The molecule has 0 amide bonds. The molecular weight excluding hydrogens is 260 g/mol. The molecule has 1 aromatic carbocycles. The zero-order valence-corrected chi connectivity index (χ0v) is 13.8. The summed E-state index contributed by atoms with van der Waals surface area (Å²) in [4.78, 5) is 2.48. The second kappa shape index (κ2) is 7.81. The minimum absolute atomic E-state index is 0.283. The normalized spacial score (nSPS) is 15.7. The third kappa shape index (κ3) is 5.33. The molecule has 0 spiro atoms. The Morgan fingerprint density at radius 1 is 1.14 bits per heavy atom. The minimum atomic E-state index is 0.283. The molecule has 0 saturated carbocycles. The summed E-state index contributed by atoms with van der Waals surface area (Å²) in [5, 5.41) is 3.57. The van der Waals surface area contributed by atoms with Gasteiger partial charge in [-0.3, -0.25) is 0 Å². The highest BCUT2D eigenvalue weighted by atomic mass is 16.5. The maximum Gasteiger partial charge on any atom is 0.0467 e. The fourth-order valence-corrected chi connectivity index (χ4v) is 2.81. The molecule has 1 saturated heterocycles. The van der Waals surface area contributed by atoms with Gasteiger partial charge in [-0.2, -0.15) is 0 Å². The molecule has 0 unspecified atom stereocenters. The van der Waals surface area contributed by atoms with Crippen molar-refractivity contribution in [1.82, 2.24) is 5.32 Å². The number of benzene rings is 1.